The maximum Gasteiger partial charge on any atom is 0.299 e. The summed E-state index contributed by atoms with van der Waals surface area (Å²) in [5.74, 6) is 3.76. The molecule has 0 bridgehead atoms. The Morgan fingerprint density at radius 3 is 2.71 bits per heavy atom. The molecule has 72 valence electrons. The summed E-state index contributed by atoms with van der Waals surface area (Å²) in [7, 11) is 0. The van der Waals surface area contributed by atoms with E-state index < -0.39 is 11.3 Å². The minimum absolute atomic E-state index is 0.161. The lowest BCUT2D eigenvalue weighted by molar-refractivity contribution is -0.384. The molecule has 0 heterocycles. The van der Waals surface area contributed by atoms with Crippen LogP contribution in [0.2, 0.25) is 0 Å². The predicted molar refractivity (Wildman–Crippen MR) is 46.0 cm³/mol. The van der Waals surface area contributed by atoms with E-state index in [-0.39, 0.29) is 11.3 Å². The molecular formula is C9H5F2NO2. The average Bonchev–Trinajstić information content (AvgIpc) is 2.15. The summed E-state index contributed by atoms with van der Waals surface area (Å²) >= 11 is 0. The van der Waals surface area contributed by atoms with Gasteiger partial charge in [0.1, 0.15) is 0 Å². The average molecular weight is 197 g/mol. The van der Waals surface area contributed by atoms with Gasteiger partial charge in [0, 0.05) is 17.7 Å². The number of nitrogens with zero attached hydrogens (tertiary/aromatic N) is 1. The topological polar surface area (TPSA) is 43.1 Å². The molecule has 3 nitrogen and oxygen atoms in total. The molecule has 0 amide bonds. The molecule has 0 aliphatic carbocycles. The lowest BCUT2D eigenvalue weighted by Crippen LogP contribution is -1.88. The lowest BCUT2D eigenvalue weighted by atomic mass is 10.2. The number of non-ortho nitro benzene ring substituents is 1. The van der Waals surface area contributed by atoms with Crippen molar-refractivity contribution in [1.82, 2.24) is 0 Å². The molecule has 0 spiro atoms. The second-order valence-electron chi connectivity index (χ2n) is 2.38. The molecule has 0 aliphatic rings. The van der Waals surface area contributed by atoms with Gasteiger partial charge < -0.3 is 0 Å². The summed E-state index contributed by atoms with van der Waals surface area (Å²) < 4.78 is 23.3. The maximum absolute atomic E-state index is 11.7. The van der Waals surface area contributed by atoms with Crippen LogP contribution in [-0.4, -0.2) is 11.3 Å². The summed E-state index contributed by atoms with van der Waals surface area (Å²) in [6, 6.07) is 5.25. The number of hydrogen-bond acceptors (Lipinski definition) is 2. The van der Waals surface area contributed by atoms with Crippen molar-refractivity contribution in [3.05, 3.63) is 39.9 Å². The summed E-state index contributed by atoms with van der Waals surface area (Å²) in [5, 5.41) is 10.3. The molecule has 14 heavy (non-hydrogen) atoms. The van der Waals surface area contributed by atoms with Gasteiger partial charge in [-0.25, -0.2) is 0 Å². The molecular weight excluding hydrogens is 192 g/mol. The fraction of sp³-hybridized carbons (Fsp3) is 0.111. The largest absolute Gasteiger partial charge is 0.299 e. The molecule has 0 fully saturated rings. The quantitative estimate of drug-likeness (QED) is 0.393. The second-order valence-corrected chi connectivity index (χ2v) is 2.38. The zero-order valence-corrected chi connectivity index (χ0v) is 6.91. The molecule has 0 atom stereocenters. The van der Waals surface area contributed by atoms with Crippen molar-refractivity contribution in [3.8, 4) is 11.8 Å². The number of alkyl halides is 2. The van der Waals surface area contributed by atoms with Crippen LogP contribution < -0.4 is 0 Å². The molecule has 0 unspecified atom stereocenters. The molecule has 1 aromatic rings. The van der Waals surface area contributed by atoms with E-state index in [9.17, 15) is 18.9 Å². The van der Waals surface area contributed by atoms with Crippen molar-refractivity contribution in [1.29, 1.82) is 0 Å². The van der Waals surface area contributed by atoms with E-state index in [1.807, 2.05) is 0 Å². The second kappa shape index (κ2) is 4.33. The zero-order chi connectivity index (χ0) is 10.6. The first-order valence-electron chi connectivity index (χ1n) is 3.64. The molecule has 5 heteroatoms. The number of benzene rings is 1. The van der Waals surface area contributed by atoms with Gasteiger partial charge in [-0.3, -0.25) is 10.1 Å². The number of halogens is 2. The van der Waals surface area contributed by atoms with Gasteiger partial charge in [0.25, 0.3) is 12.1 Å². The molecule has 0 saturated carbocycles. The number of hydrogen-bond donors (Lipinski definition) is 0. The van der Waals surface area contributed by atoms with Crippen LogP contribution in [0.5, 0.6) is 0 Å². The van der Waals surface area contributed by atoms with Crippen LogP contribution >= 0.6 is 0 Å². The fourth-order valence-corrected chi connectivity index (χ4v) is 0.835. The molecule has 1 aromatic carbocycles. The van der Waals surface area contributed by atoms with Crippen LogP contribution in [0, 0.1) is 22.0 Å². The highest BCUT2D eigenvalue weighted by molar-refractivity contribution is 5.43. The molecule has 0 saturated heterocycles. The standard InChI is InChI=1S/C9H5F2NO2/c10-9(11)5-4-7-2-1-3-8(6-7)12(13)14/h1-3,6,9H. The predicted octanol–water partition coefficient (Wildman–Crippen LogP) is 2.21. The summed E-state index contributed by atoms with van der Waals surface area (Å²) in [4.78, 5) is 9.70. The Hall–Kier alpha value is -1.96. The summed E-state index contributed by atoms with van der Waals surface area (Å²) in [5.41, 5.74) is 0.0468. The first-order valence-corrected chi connectivity index (χ1v) is 3.64. The Balaban J connectivity index is 2.96. The van der Waals surface area contributed by atoms with Crippen molar-refractivity contribution in [2.75, 3.05) is 0 Å². The molecule has 1 rings (SSSR count). The van der Waals surface area contributed by atoms with E-state index in [2.05, 4.69) is 5.92 Å². The third-order valence-electron chi connectivity index (χ3n) is 1.38. The van der Waals surface area contributed by atoms with Gasteiger partial charge in [-0.15, -0.1) is 0 Å². The number of rotatable bonds is 1. The van der Waals surface area contributed by atoms with Crippen molar-refractivity contribution in [2.24, 2.45) is 0 Å². The Morgan fingerprint density at radius 1 is 1.43 bits per heavy atom. The van der Waals surface area contributed by atoms with Crippen LogP contribution in [0.1, 0.15) is 5.56 Å². The number of nitro benzene ring substituents is 1. The van der Waals surface area contributed by atoms with Crippen LogP contribution in [0.25, 0.3) is 0 Å². The van der Waals surface area contributed by atoms with E-state index in [1.165, 1.54) is 18.2 Å². The molecule has 0 radical (unpaired) electrons. The minimum atomic E-state index is -2.73. The van der Waals surface area contributed by atoms with E-state index >= 15 is 0 Å². The SMILES string of the molecule is O=[N+]([O-])c1cccc(C#CC(F)F)c1. The van der Waals surface area contributed by atoms with Crippen LogP contribution in [0.15, 0.2) is 24.3 Å². The van der Waals surface area contributed by atoms with Gasteiger partial charge in [-0.1, -0.05) is 12.0 Å². The van der Waals surface area contributed by atoms with Crippen molar-refractivity contribution in [2.45, 2.75) is 6.43 Å². The Kier molecular flexibility index (Phi) is 3.13. The Labute approximate surface area is 78.5 Å². The third-order valence-corrected chi connectivity index (χ3v) is 1.38. The Morgan fingerprint density at radius 2 is 2.14 bits per heavy atom. The van der Waals surface area contributed by atoms with Gasteiger partial charge in [0.05, 0.1) is 4.92 Å². The van der Waals surface area contributed by atoms with Gasteiger partial charge >= 0.3 is 0 Å². The molecule has 0 N–H and O–H groups in total. The smallest absolute Gasteiger partial charge is 0.258 e. The first kappa shape index (κ1) is 10.1. The third kappa shape index (κ3) is 2.83. The van der Waals surface area contributed by atoms with Crippen LogP contribution in [0.3, 0.4) is 0 Å². The zero-order valence-electron chi connectivity index (χ0n) is 6.91. The highest BCUT2D eigenvalue weighted by atomic mass is 19.3. The normalized spacial score (nSPS) is 9.36. The minimum Gasteiger partial charge on any atom is -0.258 e. The van der Waals surface area contributed by atoms with Gasteiger partial charge in [-0.05, 0) is 12.0 Å². The maximum atomic E-state index is 11.7. The van der Waals surface area contributed by atoms with E-state index in [4.69, 9.17) is 0 Å². The van der Waals surface area contributed by atoms with Crippen molar-refractivity contribution >= 4 is 5.69 Å². The highest BCUT2D eigenvalue weighted by Gasteiger charge is 2.03. The summed E-state index contributed by atoms with van der Waals surface area (Å²) in [6.45, 7) is 0. The van der Waals surface area contributed by atoms with E-state index in [1.54, 1.807) is 5.92 Å². The van der Waals surface area contributed by atoms with E-state index in [0.717, 1.165) is 6.07 Å². The monoisotopic (exact) mass is 197 g/mol. The fourth-order valence-electron chi connectivity index (χ4n) is 0.835. The Bertz CT molecular complexity index is 407. The summed E-state index contributed by atoms with van der Waals surface area (Å²) in [6.07, 6.45) is -2.73. The molecule has 0 aliphatic heterocycles. The lowest BCUT2D eigenvalue weighted by Gasteiger charge is -1.91. The first-order chi connectivity index (χ1) is 6.59. The molecule has 0 aromatic heterocycles. The van der Waals surface area contributed by atoms with Gasteiger partial charge in [0.15, 0.2) is 0 Å². The van der Waals surface area contributed by atoms with E-state index in [0.29, 0.717) is 0 Å². The van der Waals surface area contributed by atoms with Crippen molar-refractivity contribution in [3.63, 3.8) is 0 Å². The van der Waals surface area contributed by atoms with Crippen molar-refractivity contribution < 1.29 is 13.7 Å². The number of nitro groups is 1. The van der Waals surface area contributed by atoms with Crippen LogP contribution in [0.4, 0.5) is 14.5 Å². The van der Waals surface area contributed by atoms with Gasteiger partial charge in [0.2, 0.25) is 0 Å². The van der Waals surface area contributed by atoms with Crippen LogP contribution in [-0.2, 0) is 0 Å². The highest BCUT2D eigenvalue weighted by Crippen LogP contribution is 2.11. The van der Waals surface area contributed by atoms with Gasteiger partial charge in [-0.2, -0.15) is 8.78 Å².